The zero-order valence-corrected chi connectivity index (χ0v) is 12.1. The van der Waals surface area contributed by atoms with Crippen LogP contribution in [0.4, 0.5) is 0 Å². The van der Waals surface area contributed by atoms with Crippen molar-refractivity contribution in [3.63, 3.8) is 0 Å². The Kier molecular flexibility index (Phi) is 4.11. The van der Waals surface area contributed by atoms with Crippen LogP contribution in [-0.2, 0) is 13.0 Å². The van der Waals surface area contributed by atoms with Crippen molar-refractivity contribution in [2.45, 2.75) is 38.8 Å². The molecule has 0 aliphatic carbocycles. The number of hydrogen-bond acceptors (Lipinski definition) is 3. The first kappa shape index (κ1) is 13.3. The first-order chi connectivity index (χ1) is 9.81. The van der Waals surface area contributed by atoms with Crippen LogP contribution < -0.4 is 0 Å². The van der Waals surface area contributed by atoms with E-state index < -0.39 is 0 Å². The first-order valence-corrected chi connectivity index (χ1v) is 7.44. The quantitative estimate of drug-likeness (QED) is 0.836. The summed E-state index contributed by atoms with van der Waals surface area (Å²) in [4.78, 5) is 7.00. The van der Waals surface area contributed by atoms with Crippen LogP contribution in [0.15, 0.2) is 36.8 Å². The van der Waals surface area contributed by atoms with E-state index in [2.05, 4.69) is 44.9 Å². The second-order valence-electron chi connectivity index (χ2n) is 5.64. The summed E-state index contributed by atoms with van der Waals surface area (Å²) in [6.07, 6.45) is 9.56. The third-order valence-electron chi connectivity index (χ3n) is 4.04. The lowest BCUT2D eigenvalue weighted by atomic mass is 10.2. The van der Waals surface area contributed by atoms with E-state index in [0.29, 0.717) is 6.04 Å². The summed E-state index contributed by atoms with van der Waals surface area (Å²) in [6, 6.07) is 6.78. The number of rotatable bonds is 5. The highest BCUT2D eigenvalue weighted by atomic mass is 15.3. The molecule has 1 atom stereocenters. The molecule has 0 aromatic carbocycles. The molecule has 1 saturated heterocycles. The molecule has 4 heteroatoms. The van der Waals surface area contributed by atoms with Crippen molar-refractivity contribution in [1.82, 2.24) is 19.7 Å². The molecule has 1 fully saturated rings. The third kappa shape index (κ3) is 3.25. The first-order valence-electron chi connectivity index (χ1n) is 7.44. The summed E-state index contributed by atoms with van der Waals surface area (Å²) >= 11 is 0. The van der Waals surface area contributed by atoms with E-state index in [4.69, 9.17) is 0 Å². The summed E-state index contributed by atoms with van der Waals surface area (Å²) in [6.45, 7) is 5.41. The molecule has 0 bridgehead atoms. The number of likely N-dealkylation sites (tertiary alicyclic amines) is 1. The zero-order chi connectivity index (χ0) is 13.8. The van der Waals surface area contributed by atoms with E-state index in [-0.39, 0.29) is 0 Å². The maximum atomic E-state index is 4.41. The summed E-state index contributed by atoms with van der Waals surface area (Å²) in [5, 5.41) is 4.41. The van der Waals surface area contributed by atoms with Gasteiger partial charge >= 0.3 is 0 Å². The van der Waals surface area contributed by atoms with E-state index in [9.17, 15) is 0 Å². The molecule has 4 nitrogen and oxygen atoms in total. The van der Waals surface area contributed by atoms with Gasteiger partial charge in [0, 0.05) is 37.1 Å². The van der Waals surface area contributed by atoms with Gasteiger partial charge in [-0.15, -0.1) is 0 Å². The molecule has 1 aliphatic heterocycles. The van der Waals surface area contributed by atoms with Crippen molar-refractivity contribution in [3.8, 4) is 0 Å². The van der Waals surface area contributed by atoms with Gasteiger partial charge in [-0.2, -0.15) is 5.10 Å². The summed E-state index contributed by atoms with van der Waals surface area (Å²) in [7, 11) is 0. The van der Waals surface area contributed by atoms with Gasteiger partial charge in [0.25, 0.3) is 0 Å². The predicted molar refractivity (Wildman–Crippen MR) is 79.5 cm³/mol. The lowest BCUT2D eigenvalue weighted by Gasteiger charge is -2.24. The van der Waals surface area contributed by atoms with Crippen molar-refractivity contribution < 1.29 is 0 Å². The molecule has 3 rings (SSSR count). The average molecular weight is 270 g/mol. The van der Waals surface area contributed by atoms with Gasteiger partial charge in [-0.25, -0.2) is 0 Å². The highest BCUT2D eigenvalue weighted by Crippen LogP contribution is 2.19. The summed E-state index contributed by atoms with van der Waals surface area (Å²) in [5.74, 6) is 0. The molecular weight excluding hydrogens is 248 g/mol. The summed E-state index contributed by atoms with van der Waals surface area (Å²) < 4.78 is 2.08. The minimum absolute atomic E-state index is 0.623. The van der Waals surface area contributed by atoms with Gasteiger partial charge in [0.15, 0.2) is 0 Å². The molecule has 0 N–H and O–H groups in total. The molecule has 20 heavy (non-hydrogen) atoms. The summed E-state index contributed by atoms with van der Waals surface area (Å²) in [5.41, 5.74) is 2.43. The second-order valence-corrected chi connectivity index (χ2v) is 5.64. The van der Waals surface area contributed by atoms with E-state index in [1.165, 1.54) is 30.6 Å². The van der Waals surface area contributed by atoms with Crippen molar-refractivity contribution in [2.75, 3.05) is 13.1 Å². The topological polar surface area (TPSA) is 34.0 Å². The molecule has 0 unspecified atom stereocenters. The van der Waals surface area contributed by atoms with E-state index in [1.54, 1.807) is 0 Å². The lowest BCUT2D eigenvalue weighted by Crippen LogP contribution is -2.34. The largest absolute Gasteiger partial charge is 0.298 e. The Morgan fingerprint density at radius 2 is 2.30 bits per heavy atom. The maximum Gasteiger partial charge on any atom is 0.0565 e. The fraction of sp³-hybridized carbons (Fsp3) is 0.500. The lowest BCUT2D eigenvalue weighted by molar-refractivity contribution is 0.229. The number of nitrogens with zero attached hydrogens (tertiary/aromatic N) is 4. The molecule has 0 amide bonds. The molecule has 0 saturated carbocycles. The van der Waals surface area contributed by atoms with Gasteiger partial charge < -0.3 is 0 Å². The minimum atomic E-state index is 0.623. The standard InChI is InChI=1S/C16H22N4/c1-14-11-18-20(12-14)13-16-6-4-9-19(16)10-7-15-5-2-3-8-17-15/h2-3,5,8,11-12,16H,4,6-7,9-10,13H2,1H3/t16-/m0/s1. The van der Waals surface area contributed by atoms with Gasteiger partial charge in [0.1, 0.15) is 0 Å². The van der Waals surface area contributed by atoms with Gasteiger partial charge in [-0.1, -0.05) is 6.07 Å². The van der Waals surface area contributed by atoms with E-state index in [1.807, 2.05) is 18.5 Å². The fourth-order valence-corrected chi connectivity index (χ4v) is 2.98. The van der Waals surface area contributed by atoms with Crippen LogP contribution >= 0.6 is 0 Å². The number of pyridine rings is 1. The van der Waals surface area contributed by atoms with Crippen LogP contribution in [0.5, 0.6) is 0 Å². The SMILES string of the molecule is Cc1cnn(C[C@@H]2CCCN2CCc2ccccn2)c1. The van der Waals surface area contributed by atoms with Crippen LogP contribution in [-0.4, -0.2) is 38.8 Å². The number of aromatic nitrogens is 3. The van der Waals surface area contributed by atoms with Gasteiger partial charge in [-0.3, -0.25) is 14.6 Å². The molecule has 2 aromatic rings. The second kappa shape index (κ2) is 6.18. The Hall–Kier alpha value is -1.68. The van der Waals surface area contributed by atoms with Crippen molar-refractivity contribution in [2.24, 2.45) is 0 Å². The third-order valence-corrected chi connectivity index (χ3v) is 4.04. The normalized spacial score (nSPS) is 19.6. The van der Waals surface area contributed by atoms with Crippen LogP contribution in [0.1, 0.15) is 24.1 Å². The van der Waals surface area contributed by atoms with Crippen LogP contribution in [0.25, 0.3) is 0 Å². The van der Waals surface area contributed by atoms with Crippen LogP contribution in [0.2, 0.25) is 0 Å². The Balaban J connectivity index is 1.55. The highest BCUT2D eigenvalue weighted by molar-refractivity contribution is 5.04. The Bertz CT molecular complexity index is 534. The van der Waals surface area contributed by atoms with Gasteiger partial charge in [0.2, 0.25) is 0 Å². The molecule has 2 aromatic heterocycles. The Morgan fingerprint density at radius 1 is 1.35 bits per heavy atom. The Labute approximate surface area is 120 Å². The molecule has 106 valence electrons. The van der Waals surface area contributed by atoms with Crippen molar-refractivity contribution in [3.05, 3.63) is 48.0 Å². The van der Waals surface area contributed by atoms with Crippen molar-refractivity contribution >= 4 is 0 Å². The molecule has 1 aliphatic rings. The maximum absolute atomic E-state index is 4.41. The molecule has 0 spiro atoms. The van der Waals surface area contributed by atoms with Crippen LogP contribution in [0.3, 0.4) is 0 Å². The molecule has 0 radical (unpaired) electrons. The van der Waals surface area contributed by atoms with Crippen LogP contribution in [0, 0.1) is 6.92 Å². The van der Waals surface area contributed by atoms with Gasteiger partial charge in [0.05, 0.1) is 12.7 Å². The van der Waals surface area contributed by atoms with Crippen molar-refractivity contribution in [1.29, 1.82) is 0 Å². The van der Waals surface area contributed by atoms with E-state index in [0.717, 1.165) is 19.5 Å². The fourth-order valence-electron chi connectivity index (χ4n) is 2.98. The van der Waals surface area contributed by atoms with E-state index >= 15 is 0 Å². The number of aryl methyl sites for hydroxylation is 1. The predicted octanol–water partition coefficient (Wildman–Crippen LogP) is 2.29. The number of hydrogen-bond donors (Lipinski definition) is 0. The monoisotopic (exact) mass is 270 g/mol. The smallest absolute Gasteiger partial charge is 0.0565 e. The zero-order valence-electron chi connectivity index (χ0n) is 12.1. The molecular formula is C16H22N4. The van der Waals surface area contributed by atoms with Gasteiger partial charge in [-0.05, 0) is 44.0 Å². The minimum Gasteiger partial charge on any atom is -0.298 e. The molecule has 3 heterocycles. The highest BCUT2D eigenvalue weighted by Gasteiger charge is 2.24. The Morgan fingerprint density at radius 3 is 3.05 bits per heavy atom. The average Bonchev–Trinajstić information content (AvgIpc) is 3.07.